The van der Waals surface area contributed by atoms with Crippen molar-refractivity contribution in [3.63, 3.8) is 0 Å². The molecular weight excluding hydrogens is 403 g/mol. The minimum Gasteiger partial charge on any atom is -0.444 e. The quantitative estimate of drug-likeness (QED) is 0.791. The number of nitrogens with one attached hydrogen (secondary N) is 1. The molecule has 2 aromatic rings. The van der Waals surface area contributed by atoms with E-state index in [1.165, 1.54) is 29.3 Å². The van der Waals surface area contributed by atoms with Crippen LogP contribution in [-0.2, 0) is 15.7 Å². The lowest BCUT2D eigenvalue weighted by atomic mass is 10.2. The summed E-state index contributed by atoms with van der Waals surface area (Å²) < 4.78 is 50.6. The first-order chi connectivity index (χ1) is 13.9. The van der Waals surface area contributed by atoms with Crippen molar-refractivity contribution in [1.29, 1.82) is 0 Å². The van der Waals surface area contributed by atoms with Crippen LogP contribution in [0.25, 0.3) is 5.69 Å². The number of alkyl halides is 3. The summed E-state index contributed by atoms with van der Waals surface area (Å²) >= 11 is 0. The Kier molecular flexibility index (Phi) is 5.69. The second-order valence-electron chi connectivity index (χ2n) is 7.78. The fraction of sp³-hybridized carbons (Fsp3) is 0.400. The number of benzene rings is 1. The Morgan fingerprint density at radius 1 is 1.17 bits per heavy atom. The van der Waals surface area contributed by atoms with Crippen LogP contribution < -0.4 is 10.2 Å². The Morgan fingerprint density at radius 2 is 1.80 bits per heavy atom. The van der Waals surface area contributed by atoms with E-state index in [0.29, 0.717) is 11.4 Å². The zero-order valence-electron chi connectivity index (χ0n) is 16.7. The lowest BCUT2D eigenvalue weighted by molar-refractivity contribution is -0.142. The average Bonchev–Trinajstić information content (AvgIpc) is 3.25. The zero-order valence-corrected chi connectivity index (χ0v) is 16.7. The summed E-state index contributed by atoms with van der Waals surface area (Å²) in [6, 6.07) is 8.37. The van der Waals surface area contributed by atoms with E-state index in [0.717, 1.165) is 10.6 Å². The summed E-state index contributed by atoms with van der Waals surface area (Å²) in [6.45, 7) is 5.47. The van der Waals surface area contributed by atoms with Gasteiger partial charge in [0, 0.05) is 17.6 Å². The standard InChI is InChI=1S/C20H22F3N3O4/c1-19(2,3)30-17(27)24-11-15-12-26(18(28)29-15)14-8-6-13(7-9-14)25-10-4-5-16(25)20(21,22)23/h4-10,15H,11-12H2,1-3H3,(H,24,27)/t15-/m0/s1. The molecule has 162 valence electrons. The summed E-state index contributed by atoms with van der Waals surface area (Å²) in [5.74, 6) is 0. The lowest BCUT2D eigenvalue weighted by Gasteiger charge is -2.20. The molecule has 1 aliphatic rings. The van der Waals surface area contributed by atoms with Gasteiger partial charge in [0.2, 0.25) is 0 Å². The number of carbonyl (C=O) groups excluding carboxylic acids is 2. The van der Waals surface area contributed by atoms with Gasteiger partial charge in [-0.05, 0) is 57.2 Å². The van der Waals surface area contributed by atoms with Crippen LogP contribution >= 0.6 is 0 Å². The number of cyclic esters (lactones) is 1. The summed E-state index contributed by atoms with van der Waals surface area (Å²) in [4.78, 5) is 25.2. The van der Waals surface area contributed by atoms with Gasteiger partial charge in [0.05, 0.1) is 13.1 Å². The number of hydrogen-bond donors (Lipinski definition) is 1. The van der Waals surface area contributed by atoms with E-state index in [2.05, 4.69) is 5.32 Å². The van der Waals surface area contributed by atoms with Crippen molar-refractivity contribution in [3.8, 4) is 5.69 Å². The third-order valence-electron chi connectivity index (χ3n) is 4.23. The van der Waals surface area contributed by atoms with Crippen molar-refractivity contribution in [1.82, 2.24) is 9.88 Å². The third-order valence-corrected chi connectivity index (χ3v) is 4.23. The van der Waals surface area contributed by atoms with E-state index in [1.54, 1.807) is 32.9 Å². The van der Waals surface area contributed by atoms with E-state index in [9.17, 15) is 22.8 Å². The average molecular weight is 425 g/mol. The van der Waals surface area contributed by atoms with Crippen molar-refractivity contribution in [3.05, 3.63) is 48.3 Å². The molecule has 1 aromatic carbocycles. The normalized spacial score (nSPS) is 17.1. The Labute approximate surface area is 171 Å². The van der Waals surface area contributed by atoms with Crippen LogP contribution in [0.1, 0.15) is 26.5 Å². The van der Waals surface area contributed by atoms with Crippen LogP contribution in [0.15, 0.2) is 42.6 Å². The molecular formula is C20H22F3N3O4. The Bertz CT molecular complexity index is 917. The molecule has 1 N–H and O–H groups in total. The van der Waals surface area contributed by atoms with Crippen LogP contribution in [0.4, 0.5) is 28.4 Å². The Balaban J connectivity index is 1.64. The minimum atomic E-state index is -4.48. The number of nitrogens with zero attached hydrogens (tertiary/aromatic N) is 2. The van der Waals surface area contributed by atoms with Crippen molar-refractivity contribution in [2.24, 2.45) is 0 Å². The molecule has 2 heterocycles. The monoisotopic (exact) mass is 425 g/mol. The fourth-order valence-electron chi connectivity index (χ4n) is 2.98. The zero-order chi connectivity index (χ0) is 22.1. The van der Waals surface area contributed by atoms with E-state index >= 15 is 0 Å². The van der Waals surface area contributed by atoms with Crippen LogP contribution in [0, 0.1) is 0 Å². The second-order valence-corrected chi connectivity index (χ2v) is 7.78. The molecule has 1 saturated heterocycles. The molecule has 0 aliphatic carbocycles. The van der Waals surface area contributed by atoms with Crippen molar-refractivity contribution in [2.45, 2.75) is 38.7 Å². The van der Waals surface area contributed by atoms with E-state index < -0.39 is 35.8 Å². The maximum Gasteiger partial charge on any atom is 0.431 e. The summed E-state index contributed by atoms with van der Waals surface area (Å²) in [7, 11) is 0. The first-order valence-electron chi connectivity index (χ1n) is 9.24. The third kappa shape index (κ3) is 5.05. The summed E-state index contributed by atoms with van der Waals surface area (Å²) in [5.41, 5.74) is -0.643. The van der Waals surface area contributed by atoms with E-state index in [1.807, 2.05) is 0 Å². The lowest BCUT2D eigenvalue weighted by Crippen LogP contribution is -2.38. The second kappa shape index (κ2) is 7.92. The first-order valence-corrected chi connectivity index (χ1v) is 9.24. The Morgan fingerprint density at radius 3 is 2.40 bits per heavy atom. The fourth-order valence-corrected chi connectivity index (χ4v) is 2.98. The molecule has 2 amide bonds. The first kappa shape index (κ1) is 21.5. The number of alkyl carbamates (subject to hydrolysis) is 1. The molecule has 10 heteroatoms. The highest BCUT2D eigenvalue weighted by molar-refractivity contribution is 5.89. The van der Waals surface area contributed by atoms with Crippen molar-refractivity contribution in [2.75, 3.05) is 18.0 Å². The SMILES string of the molecule is CC(C)(C)OC(=O)NC[C@H]1CN(c2ccc(-n3cccc3C(F)(F)F)cc2)C(=O)O1. The smallest absolute Gasteiger partial charge is 0.431 e. The van der Waals surface area contributed by atoms with Gasteiger partial charge in [-0.2, -0.15) is 13.2 Å². The molecule has 0 saturated carbocycles. The number of anilines is 1. The van der Waals surface area contributed by atoms with Gasteiger partial charge in [-0.15, -0.1) is 0 Å². The van der Waals surface area contributed by atoms with E-state index in [4.69, 9.17) is 9.47 Å². The number of amides is 2. The number of carbonyl (C=O) groups is 2. The molecule has 0 radical (unpaired) electrons. The molecule has 1 aromatic heterocycles. The molecule has 0 unspecified atom stereocenters. The van der Waals surface area contributed by atoms with Crippen molar-refractivity contribution < 1.29 is 32.2 Å². The topological polar surface area (TPSA) is 72.8 Å². The van der Waals surface area contributed by atoms with Crippen LogP contribution in [0.5, 0.6) is 0 Å². The number of ether oxygens (including phenoxy) is 2. The van der Waals surface area contributed by atoms with Gasteiger partial charge in [-0.3, -0.25) is 4.90 Å². The minimum absolute atomic E-state index is 0.0769. The summed E-state index contributed by atoms with van der Waals surface area (Å²) in [5, 5.41) is 2.55. The van der Waals surface area contributed by atoms with Crippen molar-refractivity contribution >= 4 is 17.9 Å². The maximum absolute atomic E-state index is 13.1. The van der Waals surface area contributed by atoms with Gasteiger partial charge in [-0.1, -0.05) is 0 Å². The van der Waals surface area contributed by atoms with Gasteiger partial charge >= 0.3 is 18.4 Å². The number of rotatable bonds is 4. The van der Waals surface area contributed by atoms with Crippen LogP contribution in [0.2, 0.25) is 0 Å². The van der Waals surface area contributed by atoms with Crippen LogP contribution in [0.3, 0.4) is 0 Å². The molecule has 30 heavy (non-hydrogen) atoms. The summed E-state index contributed by atoms with van der Waals surface area (Å²) in [6.07, 6.45) is -4.95. The molecule has 1 fully saturated rings. The number of halogens is 3. The maximum atomic E-state index is 13.1. The molecule has 1 atom stereocenters. The molecule has 1 aliphatic heterocycles. The molecule has 0 bridgehead atoms. The largest absolute Gasteiger partial charge is 0.444 e. The molecule has 7 nitrogen and oxygen atoms in total. The van der Waals surface area contributed by atoms with Gasteiger partial charge < -0.3 is 19.4 Å². The predicted octanol–water partition coefficient (Wildman–Crippen LogP) is 4.35. The van der Waals surface area contributed by atoms with Gasteiger partial charge in [0.1, 0.15) is 17.4 Å². The van der Waals surface area contributed by atoms with Gasteiger partial charge in [0.15, 0.2) is 0 Å². The van der Waals surface area contributed by atoms with Gasteiger partial charge in [-0.25, -0.2) is 9.59 Å². The van der Waals surface area contributed by atoms with Gasteiger partial charge in [0.25, 0.3) is 0 Å². The molecule has 3 rings (SSSR count). The highest BCUT2D eigenvalue weighted by Crippen LogP contribution is 2.32. The predicted molar refractivity (Wildman–Crippen MR) is 103 cm³/mol. The molecule has 0 spiro atoms. The van der Waals surface area contributed by atoms with Crippen LogP contribution in [-0.4, -0.2) is 41.5 Å². The van der Waals surface area contributed by atoms with E-state index in [-0.39, 0.29) is 13.1 Å². The highest BCUT2D eigenvalue weighted by Gasteiger charge is 2.35. The number of hydrogen-bond acceptors (Lipinski definition) is 4. The highest BCUT2D eigenvalue weighted by atomic mass is 19.4. The number of aromatic nitrogens is 1. The Hall–Kier alpha value is -3.17.